The highest BCUT2D eigenvalue weighted by molar-refractivity contribution is 6.31. The van der Waals surface area contributed by atoms with Crippen molar-refractivity contribution < 1.29 is 5.11 Å². The molecule has 1 atom stereocenters. The summed E-state index contributed by atoms with van der Waals surface area (Å²) in [6, 6.07) is 0. The Morgan fingerprint density at radius 2 is 2.31 bits per heavy atom. The Labute approximate surface area is 101 Å². The van der Waals surface area contributed by atoms with Gasteiger partial charge in [0, 0.05) is 26.2 Å². The molecule has 1 saturated heterocycles. The number of nitrogens with zero attached hydrogens (tertiary/aromatic N) is 3. The number of halogens is 1. The van der Waals surface area contributed by atoms with Gasteiger partial charge < -0.3 is 5.11 Å². The summed E-state index contributed by atoms with van der Waals surface area (Å²) in [6.07, 6.45) is 0.675. The second-order valence-corrected chi connectivity index (χ2v) is 4.72. The summed E-state index contributed by atoms with van der Waals surface area (Å²) in [4.78, 5) is 2.22. The number of hydrogen-bond donors (Lipinski definition) is 1. The average Bonchev–Trinajstić information content (AvgIpc) is 2.77. The maximum atomic E-state index is 9.48. The third-order valence-electron chi connectivity index (χ3n) is 3.07. The Bertz CT molecular complexity index is 378. The van der Waals surface area contributed by atoms with E-state index in [1.54, 1.807) is 0 Å². The lowest BCUT2D eigenvalue weighted by Crippen LogP contribution is -2.23. The van der Waals surface area contributed by atoms with Gasteiger partial charge in [-0.1, -0.05) is 11.6 Å². The number of β-amino-alcohol motifs (C(OH)–C–C–N with tert-alkyl or cyclic N) is 1. The van der Waals surface area contributed by atoms with E-state index < -0.39 is 0 Å². The van der Waals surface area contributed by atoms with Gasteiger partial charge in [-0.15, -0.1) is 0 Å². The van der Waals surface area contributed by atoms with E-state index in [2.05, 4.69) is 16.9 Å². The van der Waals surface area contributed by atoms with Crippen LogP contribution in [-0.4, -0.2) is 39.0 Å². The molecule has 1 N–H and O–H groups in total. The minimum Gasteiger partial charge on any atom is -0.392 e. The minimum absolute atomic E-state index is 0.183. The first-order chi connectivity index (χ1) is 7.61. The highest BCUT2D eigenvalue weighted by Crippen LogP contribution is 2.23. The fourth-order valence-corrected chi connectivity index (χ4v) is 2.38. The average molecular weight is 244 g/mol. The molecule has 1 aliphatic heterocycles. The number of hydrogen-bond acceptors (Lipinski definition) is 3. The summed E-state index contributed by atoms with van der Waals surface area (Å²) in [5.74, 6) is 0. The number of aliphatic hydroxyl groups excluding tert-OH is 1. The molecule has 2 heterocycles. The number of aliphatic hydroxyl groups is 1. The van der Waals surface area contributed by atoms with Crippen LogP contribution in [0, 0.1) is 6.92 Å². The van der Waals surface area contributed by atoms with Crippen LogP contribution in [0.15, 0.2) is 0 Å². The predicted molar refractivity (Wildman–Crippen MR) is 63.5 cm³/mol. The fraction of sp³-hybridized carbons (Fsp3) is 0.727. The normalized spacial score (nSPS) is 21.9. The van der Waals surface area contributed by atoms with E-state index in [4.69, 9.17) is 11.6 Å². The Morgan fingerprint density at radius 3 is 2.88 bits per heavy atom. The third kappa shape index (κ3) is 2.24. The molecule has 16 heavy (non-hydrogen) atoms. The molecule has 0 spiro atoms. The van der Waals surface area contributed by atoms with Crippen molar-refractivity contribution in [1.82, 2.24) is 14.7 Å². The smallest absolute Gasteiger partial charge is 0.0860 e. The topological polar surface area (TPSA) is 41.3 Å². The van der Waals surface area contributed by atoms with Gasteiger partial charge in [0.05, 0.1) is 22.5 Å². The molecule has 90 valence electrons. The van der Waals surface area contributed by atoms with Gasteiger partial charge in [0.1, 0.15) is 0 Å². The molecule has 0 amide bonds. The van der Waals surface area contributed by atoms with Crippen LogP contribution in [0.1, 0.15) is 24.7 Å². The molecule has 1 aliphatic rings. The van der Waals surface area contributed by atoms with Crippen LogP contribution in [-0.2, 0) is 13.1 Å². The summed E-state index contributed by atoms with van der Waals surface area (Å²) in [5.41, 5.74) is 1.95. The zero-order chi connectivity index (χ0) is 11.7. The van der Waals surface area contributed by atoms with Crippen molar-refractivity contribution in [2.24, 2.45) is 0 Å². The van der Waals surface area contributed by atoms with E-state index >= 15 is 0 Å². The number of likely N-dealkylation sites (tertiary alicyclic amines) is 1. The minimum atomic E-state index is -0.183. The van der Waals surface area contributed by atoms with Crippen molar-refractivity contribution >= 4 is 11.6 Å². The standard InChI is InChI=1S/C11H18ClN3O/c1-3-15-10(11(12)8(2)13-15)7-14-5-4-9(16)6-14/h9,16H,3-7H2,1-2H3/t9-/m1/s1. The van der Waals surface area contributed by atoms with E-state index in [0.717, 1.165) is 49.0 Å². The summed E-state index contributed by atoms with van der Waals surface area (Å²) < 4.78 is 1.95. The van der Waals surface area contributed by atoms with Crippen LogP contribution < -0.4 is 0 Å². The van der Waals surface area contributed by atoms with E-state index in [1.807, 2.05) is 11.6 Å². The van der Waals surface area contributed by atoms with Gasteiger partial charge in [-0.2, -0.15) is 5.10 Å². The van der Waals surface area contributed by atoms with E-state index in [9.17, 15) is 5.11 Å². The lowest BCUT2D eigenvalue weighted by molar-refractivity contribution is 0.174. The van der Waals surface area contributed by atoms with Crippen molar-refractivity contribution in [2.75, 3.05) is 13.1 Å². The van der Waals surface area contributed by atoms with Crippen LogP contribution in [0.2, 0.25) is 5.02 Å². The van der Waals surface area contributed by atoms with Gasteiger partial charge in [-0.25, -0.2) is 0 Å². The first-order valence-electron chi connectivity index (χ1n) is 5.74. The highest BCUT2D eigenvalue weighted by atomic mass is 35.5. The number of aromatic nitrogens is 2. The monoisotopic (exact) mass is 243 g/mol. The predicted octanol–water partition coefficient (Wildman–Crippen LogP) is 1.43. The molecule has 1 aromatic heterocycles. The molecule has 1 fully saturated rings. The molecule has 0 aliphatic carbocycles. The molecular weight excluding hydrogens is 226 g/mol. The van der Waals surface area contributed by atoms with Gasteiger partial charge >= 0.3 is 0 Å². The maximum Gasteiger partial charge on any atom is 0.0860 e. The van der Waals surface area contributed by atoms with Gasteiger partial charge in [0.2, 0.25) is 0 Å². The Morgan fingerprint density at radius 1 is 1.56 bits per heavy atom. The number of aryl methyl sites for hydroxylation is 2. The molecule has 2 rings (SSSR count). The zero-order valence-corrected chi connectivity index (χ0v) is 10.5. The third-order valence-corrected chi connectivity index (χ3v) is 3.57. The molecule has 4 nitrogen and oxygen atoms in total. The Hall–Kier alpha value is -0.580. The van der Waals surface area contributed by atoms with Crippen molar-refractivity contribution in [3.8, 4) is 0 Å². The Kier molecular flexibility index (Phi) is 3.52. The van der Waals surface area contributed by atoms with Crippen LogP contribution in [0.3, 0.4) is 0 Å². The van der Waals surface area contributed by atoms with Gasteiger partial charge in [-0.05, 0) is 20.3 Å². The largest absolute Gasteiger partial charge is 0.392 e. The van der Waals surface area contributed by atoms with Gasteiger partial charge in [-0.3, -0.25) is 9.58 Å². The molecule has 0 saturated carbocycles. The van der Waals surface area contributed by atoms with Crippen LogP contribution >= 0.6 is 11.6 Å². The summed E-state index contributed by atoms with van der Waals surface area (Å²) in [7, 11) is 0. The van der Waals surface area contributed by atoms with Crippen LogP contribution in [0.5, 0.6) is 0 Å². The first kappa shape index (κ1) is 11.9. The summed E-state index contributed by atoms with van der Waals surface area (Å²) in [6.45, 7) is 7.28. The van der Waals surface area contributed by atoms with Crippen molar-refractivity contribution in [1.29, 1.82) is 0 Å². The SMILES string of the molecule is CCn1nc(C)c(Cl)c1CN1CC[C@@H](O)C1. The lowest BCUT2D eigenvalue weighted by Gasteiger charge is -2.15. The molecular formula is C11H18ClN3O. The summed E-state index contributed by atoms with van der Waals surface area (Å²) >= 11 is 6.24. The lowest BCUT2D eigenvalue weighted by atomic mass is 10.3. The molecule has 0 unspecified atom stereocenters. The van der Waals surface area contributed by atoms with E-state index in [1.165, 1.54) is 0 Å². The second-order valence-electron chi connectivity index (χ2n) is 4.34. The van der Waals surface area contributed by atoms with Crippen molar-refractivity contribution in [2.45, 2.75) is 39.5 Å². The molecule has 1 aromatic rings. The second kappa shape index (κ2) is 4.73. The molecule has 0 aromatic carbocycles. The molecule has 0 bridgehead atoms. The van der Waals surface area contributed by atoms with Crippen molar-refractivity contribution in [3.05, 3.63) is 16.4 Å². The molecule has 0 radical (unpaired) electrons. The first-order valence-corrected chi connectivity index (χ1v) is 6.11. The fourth-order valence-electron chi connectivity index (χ4n) is 2.19. The van der Waals surface area contributed by atoms with Crippen LogP contribution in [0.4, 0.5) is 0 Å². The summed E-state index contributed by atoms with van der Waals surface area (Å²) in [5, 5.41) is 14.6. The van der Waals surface area contributed by atoms with Crippen molar-refractivity contribution in [3.63, 3.8) is 0 Å². The quantitative estimate of drug-likeness (QED) is 0.873. The zero-order valence-electron chi connectivity index (χ0n) is 9.78. The van der Waals surface area contributed by atoms with Gasteiger partial charge in [0.25, 0.3) is 0 Å². The van der Waals surface area contributed by atoms with Gasteiger partial charge in [0.15, 0.2) is 0 Å². The number of rotatable bonds is 3. The van der Waals surface area contributed by atoms with E-state index in [-0.39, 0.29) is 6.10 Å². The highest BCUT2D eigenvalue weighted by Gasteiger charge is 2.23. The van der Waals surface area contributed by atoms with E-state index in [0.29, 0.717) is 0 Å². The molecule has 5 heteroatoms. The van der Waals surface area contributed by atoms with Crippen LogP contribution in [0.25, 0.3) is 0 Å². The maximum absolute atomic E-state index is 9.48. The Balaban J connectivity index is 2.14.